The van der Waals surface area contributed by atoms with Gasteiger partial charge in [0.15, 0.2) is 5.82 Å². The average molecular weight is 575 g/mol. The predicted octanol–water partition coefficient (Wildman–Crippen LogP) is 7.64. The second kappa shape index (κ2) is 11.6. The lowest BCUT2D eigenvalue weighted by Crippen LogP contribution is -2.35. The number of ether oxygens (including phenoxy) is 2. The fraction of sp³-hybridized carbons (Fsp3) is 0.515. The minimum absolute atomic E-state index is 0.227. The number of hydrogen-bond donors (Lipinski definition) is 0. The maximum atomic E-state index is 12.3. The number of aromatic nitrogens is 3. The Morgan fingerprint density at radius 1 is 1.12 bits per heavy atom. The summed E-state index contributed by atoms with van der Waals surface area (Å²) in [6, 6.07) is 13.0. The van der Waals surface area contributed by atoms with Gasteiger partial charge in [0.1, 0.15) is 11.4 Å². The van der Waals surface area contributed by atoms with Crippen LogP contribution in [-0.2, 0) is 24.8 Å². The number of amides is 1. The van der Waals surface area contributed by atoms with Crippen molar-refractivity contribution in [2.75, 3.05) is 19.7 Å². The summed E-state index contributed by atoms with van der Waals surface area (Å²) in [5.74, 6) is 2.93. The molecular weight excluding hydrogens is 532 g/mol. The molecule has 1 saturated carbocycles. The Morgan fingerprint density at radius 3 is 2.63 bits per heavy atom. The van der Waals surface area contributed by atoms with Crippen molar-refractivity contribution >= 4 is 27.6 Å². The highest BCUT2D eigenvalue weighted by Gasteiger charge is 2.30. The Morgan fingerprint density at radius 2 is 1.93 bits per heavy atom. The third kappa shape index (κ3) is 6.32. The number of thiophene rings is 1. The summed E-state index contributed by atoms with van der Waals surface area (Å²) >= 11 is 1.79. The van der Waals surface area contributed by atoms with Crippen LogP contribution in [0.2, 0.25) is 0 Å². The van der Waals surface area contributed by atoms with E-state index in [1.165, 1.54) is 46.4 Å². The second-order valence-corrected chi connectivity index (χ2v) is 13.7. The van der Waals surface area contributed by atoms with Crippen LogP contribution < -0.4 is 4.74 Å². The van der Waals surface area contributed by atoms with E-state index in [2.05, 4.69) is 64.2 Å². The molecule has 8 heteroatoms. The standard InChI is InChI=1S/C33H42N4O3S/c1-33(2,3)40-32(38)37-17-14-24(20-37)22-39-26-12-10-23(11-13-26)7-6-16-36-21-27(25-8-5-9-25)34-31(36)29-19-30-28(35(29)4)15-18-41-30/h10-13,15,18-19,21,24-25H,5-9,14,16-17,20,22H2,1-4H3/t24-/m1/s1. The molecule has 1 aliphatic carbocycles. The van der Waals surface area contributed by atoms with Gasteiger partial charge in [-0.1, -0.05) is 18.6 Å². The highest BCUT2D eigenvalue weighted by molar-refractivity contribution is 7.17. The van der Waals surface area contributed by atoms with Crippen LogP contribution in [0.4, 0.5) is 4.79 Å². The molecule has 2 fully saturated rings. The molecule has 2 aliphatic rings. The number of nitrogens with zero attached hydrogens (tertiary/aromatic N) is 4. The van der Waals surface area contributed by atoms with Crippen LogP contribution in [-0.4, -0.2) is 50.4 Å². The SMILES string of the molecule is Cn1c(-c2nc(C3CCC3)cn2CCCc2ccc(OC[C@@H]3CCN(C(=O)OC(C)(C)C)C3)cc2)cc2sccc21. The molecule has 0 unspecified atom stereocenters. The minimum Gasteiger partial charge on any atom is -0.493 e. The third-order valence-electron chi connectivity index (χ3n) is 8.42. The van der Waals surface area contributed by atoms with Crippen LogP contribution in [0.3, 0.4) is 0 Å². The number of carbonyl (C=O) groups is 1. The Kier molecular flexibility index (Phi) is 7.86. The van der Waals surface area contributed by atoms with Gasteiger partial charge in [0.25, 0.3) is 0 Å². The molecule has 4 heterocycles. The van der Waals surface area contributed by atoms with Gasteiger partial charge in [-0.05, 0) is 88.1 Å². The maximum absolute atomic E-state index is 12.3. The molecule has 0 bridgehead atoms. The zero-order chi connectivity index (χ0) is 28.6. The average Bonchev–Trinajstić information content (AvgIpc) is 3.68. The Labute approximate surface area is 247 Å². The molecule has 1 atom stereocenters. The summed E-state index contributed by atoms with van der Waals surface area (Å²) in [6.07, 6.45) is 8.92. The lowest BCUT2D eigenvalue weighted by Gasteiger charge is -2.24. The van der Waals surface area contributed by atoms with E-state index < -0.39 is 5.60 Å². The number of rotatable bonds is 9. The van der Waals surface area contributed by atoms with Crippen LogP contribution in [0.5, 0.6) is 5.75 Å². The molecule has 0 radical (unpaired) electrons. The zero-order valence-corrected chi connectivity index (χ0v) is 25.6. The molecule has 1 aliphatic heterocycles. The van der Waals surface area contributed by atoms with Gasteiger partial charge in [-0.25, -0.2) is 9.78 Å². The fourth-order valence-electron chi connectivity index (χ4n) is 5.86. The lowest BCUT2D eigenvalue weighted by atomic mass is 9.83. The van der Waals surface area contributed by atoms with E-state index in [4.69, 9.17) is 14.5 Å². The van der Waals surface area contributed by atoms with Crippen molar-refractivity contribution < 1.29 is 14.3 Å². The van der Waals surface area contributed by atoms with E-state index in [0.717, 1.165) is 43.9 Å². The number of carbonyl (C=O) groups excluding carboxylic acids is 1. The topological polar surface area (TPSA) is 61.5 Å². The van der Waals surface area contributed by atoms with Gasteiger partial charge in [0.05, 0.1) is 28.2 Å². The molecule has 41 heavy (non-hydrogen) atoms. The van der Waals surface area contributed by atoms with E-state index in [9.17, 15) is 4.79 Å². The number of imidazole rings is 1. The summed E-state index contributed by atoms with van der Waals surface area (Å²) in [6.45, 7) is 8.68. The van der Waals surface area contributed by atoms with Crippen molar-refractivity contribution in [3.05, 3.63) is 59.2 Å². The molecule has 1 aromatic carbocycles. The van der Waals surface area contributed by atoms with Gasteiger partial charge in [-0.3, -0.25) is 0 Å². The summed E-state index contributed by atoms with van der Waals surface area (Å²) in [5, 5.41) is 2.16. The van der Waals surface area contributed by atoms with Crippen LogP contribution in [0.25, 0.3) is 21.7 Å². The summed E-state index contributed by atoms with van der Waals surface area (Å²) in [7, 11) is 2.15. The largest absolute Gasteiger partial charge is 0.493 e. The van der Waals surface area contributed by atoms with Gasteiger partial charge in [0.2, 0.25) is 0 Å². The van der Waals surface area contributed by atoms with Gasteiger partial charge < -0.3 is 23.5 Å². The molecule has 0 N–H and O–H groups in total. The van der Waals surface area contributed by atoms with Crippen molar-refractivity contribution in [2.45, 2.75) is 77.4 Å². The summed E-state index contributed by atoms with van der Waals surface area (Å²) < 4.78 is 17.6. The lowest BCUT2D eigenvalue weighted by molar-refractivity contribution is 0.0285. The maximum Gasteiger partial charge on any atom is 0.410 e. The first-order chi connectivity index (χ1) is 19.7. The molecule has 6 rings (SSSR count). The summed E-state index contributed by atoms with van der Waals surface area (Å²) in [5.41, 5.74) is 4.59. The smallest absolute Gasteiger partial charge is 0.410 e. The zero-order valence-electron chi connectivity index (χ0n) is 24.8. The van der Waals surface area contributed by atoms with Gasteiger partial charge in [-0.15, -0.1) is 11.3 Å². The minimum atomic E-state index is -0.466. The predicted molar refractivity (Wildman–Crippen MR) is 165 cm³/mol. The second-order valence-electron chi connectivity index (χ2n) is 12.7. The first-order valence-corrected chi connectivity index (χ1v) is 15.9. The van der Waals surface area contributed by atoms with Crippen molar-refractivity contribution in [1.29, 1.82) is 0 Å². The monoisotopic (exact) mass is 574 g/mol. The number of fused-ring (bicyclic) bond motifs is 1. The van der Waals surface area contributed by atoms with E-state index in [0.29, 0.717) is 25.0 Å². The normalized spacial score (nSPS) is 17.8. The first-order valence-electron chi connectivity index (χ1n) is 15.0. The van der Waals surface area contributed by atoms with Crippen LogP contribution in [0.1, 0.15) is 70.1 Å². The van der Waals surface area contributed by atoms with E-state index >= 15 is 0 Å². The van der Waals surface area contributed by atoms with Crippen molar-refractivity contribution in [1.82, 2.24) is 19.0 Å². The Bertz CT molecular complexity index is 1490. The van der Waals surface area contributed by atoms with Gasteiger partial charge in [0, 0.05) is 44.7 Å². The molecule has 0 spiro atoms. The number of aryl methyl sites for hydroxylation is 3. The Balaban J connectivity index is 1.02. The van der Waals surface area contributed by atoms with Crippen LogP contribution in [0.15, 0.2) is 48.0 Å². The quantitative estimate of drug-likeness (QED) is 0.206. The molecular formula is C33H42N4O3S. The Hall–Kier alpha value is -3.26. The number of likely N-dealkylation sites (tertiary alicyclic amines) is 1. The highest BCUT2D eigenvalue weighted by atomic mass is 32.1. The fourth-order valence-corrected chi connectivity index (χ4v) is 6.71. The van der Waals surface area contributed by atoms with Gasteiger partial charge in [-0.2, -0.15) is 0 Å². The molecule has 1 saturated heterocycles. The molecule has 3 aromatic heterocycles. The van der Waals surface area contributed by atoms with E-state index in [1.807, 2.05) is 20.8 Å². The molecule has 1 amide bonds. The van der Waals surface area contributed by atoms with Gasteiger partial charge >= 0.3 is 6.09 Å². The van der Waals surface area contributed by atoms with E-state index in [1.54, 1.807) is 16.2 Å². The first kappa shape index (κ1) is 27.9. The van der Waals surface area contributed by atoms with Crippen LogP contribution >= 0.6 is 11.3 Å². The third-order valence-corrected chi connectivity index (χ3v) is 9.28. The van der Waals surface area contributed by atoms with Crippen molar-refractivity contribution in [2.24, 2.45) is 13.0 Å². The molecule has 218 valence electrons. The molecule has 7 nitrogen and oxygen atoms in total. The highest BCUT2D eigenvalue weighted by Crippen LogP contribution is 2.38. The van der Waals surface area contributed by atoms with Crippen LogP contribution in [0, 0.1) is 5.92 Å². The molecule has 4 aromatic rings. The van der Waals surface area contributed by atoms with E-state index in [-0.39, 0.29) is 6.09 Å². The van der Waals surface area contributed by atoms with Crippen molar-refractivity contribution in [3.8, 4) is 17.3 Å². The van der Waals surface area contributed by atoms with Crippen molar-refractivity contribution in [3.63, 3.8) is 0 Å². The summed E-state index contributed by atoms with van der Waals surface area (Å²) in [4.78, 5) is 19.3. The number of hydrogen-bond acceptors (Lipinski definition) is 5. The number of benzene rings is 1.